The summed E-state index contributed by atoms with van der Waals surface area (Å²) < 4.78 is 9.66. The van der Waals surface area contributed by atoms with Gasteiger partial charge in [-0.1, -0.05) is 11.6 Å². The second kappa shape index (κ2) is 8.81. The quantitative estimate of drug-likeness (QED) is 0.747. The Morgan fingerprint density at radius 2 is 1.15 bits per heavy atom. The van der Waals surface area contributed by atoms with Crippen LogP contribution in [0.4, 0.5) is 0 Å². The van der Waals surface area contributed by atoms with Crippen molar-refractivity contribution >= 4 is 35.5 Å². The number of ether oxygens (including phenoxy) is 2. The van der Waals surface area contributed by atoms with Gasteiger partial charge >= 0.3 is 23.9 Å². The maximum atomic E-state index is 11.3. The van der Waals surface area contributed by atoms with Crippen LogP contribution >= 0.6 is 11.6 Å². The zero-order valence-corrected chi connectivity index (χ0v) is 14.4. The van der Waals surface area contributed by atoms with Crippen molar-refractivity contribution in [2.24, 2.45) is 0 Å². The lowest BCUT2D eigenvalue weighted by Gasteiger charge is -2.09. The van der Waals surface area contributed by atoms with Crippen LogP contribution < -0.4 is 0 Å². The Labute approximate surface area is 157 Å². The molecule has 9 heteroatoms. The zero-order valence-electron chi connectivity index (χ0n) is 13.7. The Hall–Kier alpha value is -3.39. The molecule has 2 bridgehead atoms. The van der Waals surface area contributed by atoms with Gasteiger partial charge in [-0.15, -0.1) is 0 Å². The van der Waals surface area contributed by atoms with Gasteiger partial charge in [0.05, 0.1) is 22.3 Å². The molecule has 8 nitrogen and oxygen atoms in total. The topological polar surface area (TPSA) is 127 Å². The van der Waals surface area contributed by atoms with Gasteiger partial charge in [-0.3, -0.25) is 0 Å². The van der Waals surface area contributed by atoms with E-state index in [2.05, 4.69) is 0 Å². The summed E-state index contributed by atoms with van der Waals surface area (Å²) in [6.45, 7) is 0.200. The molecule has 27 heavy (non-hydrogen) atoms. The van der Waals surface area contributed by atoms with Crippen molar-refractivity contribution in [2.75, 3.05) is 13.2 Å². The number of hydrogen-bond donors (Lipinski definition) is 2. The predicted octanol–water partition coefficient (Wildman–Crippen LogP) is 2.75. The van der Waals surface area contributed by atoms with Crippen LogP contribution in [0, 0.1) is 0 Å². The first-order chi connectivity index (χ1) is 12.8. The number of esters is 2. The number of carboxylic acid groups (broad SMARTS) is 2. The monoisotopic (exact) mass is 392 g/mol. The fourth-order valence-electron chi connectivity index (χ4n) is 2.01. The van der Waals surface area contributed by atoms with Crippen LogP contribution in [0.25, 0.3) is 0 Å². The third kappa shape index (κ3) is 5.55. The van der Waals surface area contributed by atoms with Gasteiger partial charge in [0, 0.05) is 5.02 Å². The molecular formula is C18H13ClO8. The van der Waals surface area contributed by atoms with Crippen LogP contribution in [0.2, 0.25) is 5.02 Å². The normalized spacial score (nSPS) is 12.9. The van der Waals surface area contributed by atoms with Crippen LogP contribution in [0.3, 0.4) is 0 Å². The molecular weight excluding hydrogens is 380 g/mol. The van der Waals surface area contributed by atoms with Crippen molar-refractivity contribution in [1.29, 1.82) is 0 Å². The van der Waals surface area contributed by atoms with Crippen LogP contribution in [0.1, 0.15) is 41.4 Å². The van der Waals surface area contributed by atoms with Crippen LogP contribution in [0.15, 0.2) is 42.5 Å². The fraction of sp³-hybridized carbons (Fsp3) is 0.111. The van der Waals surface area contributed by atoms with Gasteiger partial charge in [0.15, 0.2) is 0 Å². The number of rotatable bonds is 2. The summed E-state index contributed by atoms with van der Waals surface area (Å²) in [7, 11) is 0. The van der Waals surface area contributed by atoms with E-state index in [1.54, 1.807) is 24.3 Å². The maximum absolute atomic E-state index is 11.3. The summed E-state index contributed by atoms with van der Waals surface area (Å²) in [4.78, 5) is 43.5. The van der Waals surface area contributed by atoms with Crippen LogP contribution in [-0.4, -0.2) is 47.3 Å². The molecule has 140 valence electrons. The average Bonchev–Trinajstić information content (AvgIpc) is 2.64. The summed E-state index contributed by atoms with van der Waals surface area (Å²) >= 11 is 5.51. The molecule has 2 aliphatic rings. The number of fused-ring (bicyclic) bond motifs is 7. The fourth-order valence-corrected chi connectivity index (χ4v) is 2.25. The van der Waals surface area contributed by atoms with E-state index < -0.39 is 23.9 Å². The third-order valence-electron chi connectivity index (χ3n) is 3.30. The summed E-state index contributed by atoms with van der Waals surface area (Å²) in [6.07, 6.45) is 0. The molecule has 0 saturated carbocycles. The lowest BCUT2D eigenvalue weighted by atomic mass is 10.1. The van der Waals surface area contributed by atoms with E-state index in [4.69, 9.17) is 31.3 Å². The third-order valence-corrected chi connectivity index (χ3v) is 3.52. The average molecular weight is 393 g/mol. The van der Waals surface area contributed by atoms with Gasteiger partial charge in [0.25, 0.3) is 0 Å². The first kappa shape index (κ1) is 19.9. The molecule has 0 atom stereocenters. The van der Waals surface area contributed by atoms with Crippen LogP contribution in [0.5, 0.6) is 0 Å². The summed E-state index contributed by atoms with van der Waals surface area (Å²) in [5, 5.41) is 17.2. The second-order valence-electron chi connectivity index (χ2n) is 5.19. The van der Waals surface area contributed by atoms with E-state index in [0.717, 1.165) is 6.07 Å². The Kier molecular flexibility index (Phi) is 6.51. The molecule has 4 rings (SSSR count). The largest absolute Gasteiger partial charge is 0.478 e. The van der Waals surface area contributed by atoms with E-state index >= 15 is 0 Å². The molecule has 2 aromatic carbocycles. The van der Waals surface area contributed by atoms with E-state index in [1.807, 2.05) is 0 Å². The Morgan fingerprint density at radius 1 is 0.778 bits per heavy atom. The SMILES string of the molecule is O=C(O)c1cc(Cl)cc(C(=O)O)c1.O=C1OCCOC(=O)c2ccc1cc2. The first-order valence-electron chi connectivity index (χ1n) is 7.49. The number of halogens is 1. The van der Waals surface area contributed by atoms with Crippen molar-refractivity contribution in [3.63, 3.8) is 0 Å². The van der Waals surface area contributed by atoms with Crippen LogP contribution in [-0.2, 0) is 9.47 Å². The van der Waals surface area contributed by atoms with E-state index in [-0.39, 0.29) is 29.4 Å². The van der Waals surface area contributed by atoms with Crippen molar-refractivity contribution < 1.29 is 38.9 Å². The highest BCUT2D eigenvalue weighted by molar-refractivity contribution is 6.31. The standard InChI is InChI=1S/C10H8O4.C8H5ClO4/c11-9-7-1-2-8(4-3-7)10(12)14-6-5-13-9;9-6-2-4(7(10)11)1-5(3-6)8(12)13/h1-4H,5-6H2;1-3H,(H,10,11)(H,12,13). The van der Waals surface area contributed by atoms with Crippen molar-refractivity contribution in [2.45, 2.75) is 0 Å². The minimum absolute atomic E-state index is 0.0947. The molecule has 2 heterocycles. The van der Waals surface area contributed by atoms with Crippen molar-refractivity contribution in [3.05, 3.63) is 69.7 Å². The minimum atomic E-state index is -1.20. The van der Waals surface area contributed by atoms with E-state index in [1.165, 1.54) is 12.1 Å². The molecule has 0 unspecified atom stereocenters. The lowest BCUT2D eigenvalue weighted by molar-refractivity contribution is 0.0260. The molecule has 0 radical (unpaired) electrons. The number of carbonyl (C=O) groups is 4. The van der Waals surface area contributed by atoms with Gasteiger partial charge in [-0.2, -0.15) is 0 Å². The number of aromatic carboxylic acids is 2. The molecule has 2 aromatic rings. The first-order valence-corrected chi connectivity index (χ1v) is 7.87. The smallest absolute Gasteiger partial charge is 0.338 e. The van der Waals surface area contributed by atoms with Crippen molar-refractivity contribution in [1.82, 2.24) is 0 Å². The Morgan fingerprint density at radius 3 is 1.48 bits per heavy atom. The van der Waals surface area contributed by atoms with Gasteiger partial charge in [-0.25, -0.2) is 19.2 Å². The molecule has 0 fully saturated rings. The maximum Gasteiger partial charge on any atom is 0.338 e. The summed E-state index contributed by atoms with van der Waals surface area (Å²) in [6, 6.07) is 9.62. The highest BCUT2D eigenvalue weighted by atomic mass is 35.5. The molecule has 0 saturated heterocycles. The molecule has 2 aliphatic heterocycles. The molecule has 0 spiro atoms. The number of carbonyl (C=O) groups excluding carboxylic acids is 2. The number of carboxylic acids is 2. The highest BCUT2D eigenvalue weighted by Gasteiger charge is 2.13. The van der Waals surface area contributed by atoms with Gasteiger partial charge in [-0.05, 0) is 42.5 Å². The lowest BCUT2D eigenvalue weighted by Crippen LogP contribution is -2.16. The highest BCUT2D eigenvalue weighted by Crippen LogP contribution is 2.15. The zero-order chi connectivity index (χ0) is 20.0. The minimum Gasteiger partial charge on any atom is -0.478 e. The molecule has 2 N–H and O–H groups in total. The molecule has 0 amide bonds. The predicted molar refractivity (Wildman–Crippen MR) is 92.4 cm³/mol. The van der Waals surface area contributed by atoms with Gasteiger partial charge in [0.1, 0.15) is 13.2 Å². The second-order valence-corrected chi connectivity index (χ2v) is 5.62. The molecule has 0 aromatic heterocycles. The summed E-state index contributed by atoms with van der Waals surface area (Å²) in [5.74, 6) is -3.20. The number of benzene rings is 2. The van der Waals surface area contributed by atoms with E-state index in [9.17, 15) is 19.2 Å². The Bertz CT molecular complexity index is 819. The summed E-state index contributed by atoms with van der Waals surface area (Å²) in [5.41, 5.74) is 0.627. The van der Waals surface area contributed by atoms with Crippen molar-refractivity contribution in [3.8, 4) is 0 Å². The molecule has 0 aliphatic carbocycles. The van der Waals surface area contributed by atoms with Gasteiger partial charge < -0.3 is 19.7 Å². The van der Waals surface area contributed by atoms with E-state index in [0.29, 0.717) is 11.1 Å². The number of hydrogen-bond acceptors (Lipinski definition) is 6. The Balaban J connectivity index is 0.000000194. The van der Waals surface area contributed by atoms with Gasteiger partial charge in [0.2, 0.25) is 0 Å².